The summed E-state index contributed by atoms with van der Waals surface area (Å²) in [6.07, 6.45) is 2.70. The number of carbonyl (C=O) groups excluding carboxylic acids is 1. The van der Waals surface area contributed by atoms with E-state index in [4.69, 9.17) is 5.14 Å². The van der Waals surface area contributed by atoms with E-state index in [2.05, 4.69) is 11.4 Å². The second kappa shape index (κ2) is 7.99. The Labute approximate surface area is 154 Å². The molecule has 2 aromatic carbocycles. The number of primary sulfonamides is 1. The molecule has 1 amide bonds. The Hall–Kier alpha value is -2.22. The van der Waals surface area contributed by atoms with Gasteiger partial charge in [-0.2, -0.15) is 0 Å². The maximum atomic E-state index is 12.5. The normalized spacial score (nSPS) is 14.1. The first-order valence-electron chi connectivity index (χ1n) is 8.66. The first kappa shape index (κ1) is 18.6. The minimum atomic E-state index is -3.66. The number of fused-ring (bicyclic) bond motifs is 1. The van der Waals surface area contributed by atoms with Crippen molar-refractivity contribution in [1.29, 1.82) is 0 Å². The molecule has 0 aliphatic carbocycles. The minimum Gasteiger partial charge on any atom is -0.311 e. The van der Waals surface area contributed by atoms with Crippen LogP contribution in [0.2, 0.25) is 0 Å². The van der Waals surface area contributed by atoms with Crippen LogP contribution in [-0.2, 0) is 27.7 Å². The third-order valence-electron chi connectivity index (χ3n) is 4.53. The fourth-order valence-corrected chi connectivity index (χ4v) is 3.68. The van der Waals surface area contributed by atoms with Crippen LogP contribution < -0.4 is 15.4 Å². The molecule has 0 spiro atoms. The van der Waals surface area contributed by atoms with Crippen LogP contribution in [0, 0.1) is 0 Å². The second-order valence-electron chi connectivity index (χ2n) is 6.39. The molecule has 1 heterocycles. The van der Waals surface area contributed by atoms with Gasteiger partial charge in [-0.3, -0.25) is 4.79 Å². The lowest BCUT2D eigenvalue weighted by atomic mass is 10.0. The van der Waals surface area contributed by atoms with Gasteiger partial charge in [0.1, 0.15) is 0 Å². The van der Waals surface area contributed by atoms with Gasteiger partial charge in [-0.15, -0.1) is 0 Å². The van der Waals surface area contributed by atoms with Crippen LogP contribution in [0.25, 0.3) is 0 Å². The molecule has 0 atom stereocenters. The van der Waals surface area contributed by atoms with E-state index in [0.717, 1.165) is 30.6 Å². The minimum absolute atomic E-state index is 0.0710. The zero-order valence-corrected chi connectivity index (χ0v) is 15.3. The number of nitrogens with two attached hydrogens (primary N) is 1. The Morgan fingerprint density at radius 2 is 1.85 bits per heavy atom. The van der Waals surface area contributed by atoms with Gasteiger partial charge in [0.2, 0.25) is 15.9 Å². The standard InChI is InChI=1S/C19H23N3O3S/c20-26(24,25)17-9-7-15(8-10-17)11-12-21-14-19(23)22-13-3-5-16-4-1-2-6-18(16)22/h1-2,4,6-10,21H,3,5,11-14H2,(H2,20,24,25). The monoisotopic (exact) mass is 373 g/mol. The lowest BCUT2D eigenvalue weighted by Gasteiger charge is -2.29. The summed E-state index contributed by atoms with van der Waals surface area (Å²) in [5, 5.41) is 8.26. The number of nitrogens with zero attached hydrogens (tertiary/aromatic N) is 1. The molecule has 0 radical (unpaired) electrons. The van der Waals surface area contributed by atoms with Crippen LogP contribution in [0.4, 0.5) is 5.69 Å². The number of hydrogen-bond acceptors (Lipinski definition) is 4. The molecule has 6 nitrogen and oxygen atoms in total. The summed E-state index contributed by atoms with van der Waals surface area (Å²) in [5.74, 6) is 0.0710. The molecule has 1 aliphatic heterocycles. The highest BCUT2D eigenvalue weighted by Crippen LogP contribution is 2.26. The third-order valence-corrected chi connectivity index (χ3v) is 5.46. The van der Waals surface area contributed by atoms with Crippen molar-refractivity contribution < 1.29 is 13.2 Å². The summed E-state index contributed by atoms with van der Waals surface area (Å²) < 4.78 is 22.5. The fraction of sp³-hybridized carbons (Fsp3) is 0.316. The van der Waals surface area contributed by atoms with E-state index in [1.54, 1.807) is 12.1 Å². The summed E-state index contributed by atoms with van der Waals surface area (Å²) >= 11 is 0. The van der Waals surface area contributed by atoms with Gasteiger partial charge in [0.25, 0.3) is 0 Å². The molecule has 0 bridgehead atoms. The van der Waals surface area contributed by atoms with Crippen molar-refractivity contribution in [1.82, 2.24) is 5.32 Å². The maximum absolute atomic E-state index is 12.5. The molecule has 0 aromatic heterocycles. The number of para-hydroxylation sites is 1. The van der Waals surface area contributed by atoms with Crippen LogP contribution in [0.5, 0.6) is 0 Å². The molecule has 3 rings (SSSR count). The zero-order valence-electron chi connectivity index (χ0n) is 14.5. The van der Waals surface area contributed by atoms with Gasteiger partial charge in [0, 0.05) is 12.2 Å². The molecule has 0 unspecified atom stereocenters. The van der Waals surface area contributed by atoms with Gasteiger partial charge < -0.3 is 10.2 Å². The lowest BCUT2D eigenvalue weighted by molar-refractivity contribution is -0.117. The largest absolute Gasteiger partial charge is 0.311 e. The average Bonchev–Trinajstić information content (AvgIpc) is 2.64. The highest BCUT2D eigenvalue weighted by molar-refractivity contribution is 7.89. The van der Waals surface area contributed by atoms with Crippen molar-refractivity contribution in [3.63, 3.8) is 0 Å². The highest BCUT2D eigenvalue weighted by Gasteiger charge is 2.21. The van der Waals surface area contributed by atoms with E-state index in [0.29, 0.717) is 13.0 Å². The molecule has 0 saturated heterocycles. The second-order valence-corrected chi connectivity index (χ2v) is 7.95. The van der Waals surface area contributed by atoms with Gasteiger partial charge in [0.15, 0.2) is 0 Å². The van der Waals surface area contributed by atoms with E-state index in [1.165, 1.54) is 17.7 Å². The molecule has 3 N–H and O–H groups in total. The SMILES string of the molecule is NS(=O)(=O)c1ccc(CCNCC(=O)N2CCCc3ccccc32)cc1. The summed E-state index contributed by atoms with van der Waals surface area (Å²) in [6.45, 7) is 1.67. The number of rotatable bonds is 6. The van der Waals surface area contributed by atoms with Crippen molar-refractivity contribution in [3.05, 3.63) is 59.7 Å². The number of anilines is 1. The first-order valence-corrected chi connectivity index (χ1v) is 10.2. The molecule has 1 aliphatic rings. The number of nitrogens with one attached hydrogen (secondary N) is 1. The molecule has 138 valence electrons. The van der Waals surface area contributed by atoms with Crippen LogP contribution in [-0.4, -0.2) is 34.0 Å². The van der Waals surface area contributed by atoms with Gasteiger partial charge >= 0.3 is 0 Å². The van der Waals surface area contributed by atoms with Gasteiger partial charge in [-0.1, -0.05) is 30.3 Å². The van der Waals surface area contributed by atoms with E-state index < -0.39 is 10.0 Å². The summed E-state index contributed by atoms with van der Waals surface area (Å²) in [4.78, 5) is 14.5. The quantitative estimate of drug-likeness (QED) is 0.750. The van der Waals surface area contributed by atoms with E-state index in [-0.39, 0.29) is 17.3 Å². The number of amides is 1. The van der Waals surface area contributed by atoms with Crippen molar-refractivity contribution in [3.8, 4) is 0 Å². The highest BCUT2D eigenvalue weighted by atomic mass is 32.2. The number of aryl methyl sites for hydroxylation is 1. The molecular formula is C19H23N3O3S. The van der Waals surface area contributed by atoms with Crippen molar-refractivity contribution in [2.45, 2.75) is 24.2 Å². The molecule has 7 heteroatoms. The first-order chi connectivity index (χ1) is 12.4. The zero-order chi connectivity index (χ0) is 18.6. The molecule has 2 aromatic rings. The fourth-order valence-electron chi connectivity index (χ4n) is 3.16. The average molecular weight is 373 g/mol. The van der Waals surface area contributed by atoms with Gasteiger partial charge in [-0.25, -0.2) is 13.6 Å². The Balaban J connectivity index is 1.49. The number of sulfonamides is 1. The maximum Gasteiger partial charge on any atom is 0.240 e. The Morgan fingerprint density at radius 1 is 1.12 bits per heavy atom. The van der Waals surface area contributed by atoms with Crippen LogP contribution >= 0.6 is 0 Å². The third kappa shape index (κ3) is 4.49. The molecule has 0 fully saturated rings. The van der Waals surface area contributed by atoms with Crippen molar-refractivity contribution in [2.75, 3.05) is 24.5 Å². The number of hydrogen-bond donors (Lipinski definition) is 2. The van der Waals surface area contributed by atoms with Crippen molar-refractivity contribution in [2.24, 2.45) is 5.14 Å². The van der Waals surface area contributed by atoms with Crippen LogP contribution in [0.15, 0.2) is 53.4 Å². The van der Waals surface area contributed by atoms with Crippen molar-refractivity contribution >= 4 is 21.6 Å². The number of carbonyl (C=O) groups is 1. The molecular weight excluding hydrogens is 350 g/mol. The Morgan fingerprint density at radius 3 is 2.58 bits per heavy atom. The van der Waals surface area contributed by atoms with E-state index in [1.807, 2.05) is 23.1 Å². The number of benzene rings is 2. The molecule has 26 heavy (non-hydrogen) atoms. The van der Waals surface area contributed by atoms with E-state index in [9.17, 15) is 13.2 Å². The van der Waals surface area contributed by atoms with Gasteiger partial charge in [-0.05, 0) is 55.1 Å². The van der Waals surface area contributed by atoms with E-state index >= 15 is 0 Å². The smallest absolute Gasteiger partial charge is 0.240 e. The molecule has 0 saturated carbocycles. The Kier molecular flexibility index (Phi) is 5.70. The van der Waals surface area contributed by atoms with Crippen LogP contribution in [0.1, 0.15) is 17.5 Å². The lowest BCUT2D eigenvalue weighted by Crippen LogP contribution is -2.41. The summed E-state index contributed by atoms with van der Waals surface area (Å²) in [5.41, 5.74) is 3.23. The van der Waals surface area contributed by atoms with Crippen LogP contribution in [0.3, 0.4) is 0 Å². The van der Waals surface area contributed by atoms with Gasteiger partial charge in [0.05, 0.1) is 11.4 Å². The summed E-state index contributed by atoms with van der Waals surface area (Å²) in [6, 6.07) is 14.5. The topological polar surface area (TPSA) is 92.5 Å². The Bertz CT molecular complexity index is 879. The predicted octanol–water partition coefficient (Wildman–Crippen LogP) is 1.45. The summed E-state index contributed by atoms with van der Waals surface area (Å²) in [7, 11) is -3.66. The predicted molar refractivity (Wildman–Crippen MR) is 102 cm³/mol.